The maximum Gasteiger partial charge on any atom is 0.324 e. The van der Waals surface area contributed by atoms with E-state index in [1.165, 1.54) is 12.1 Å². The Morgan fingerprint density at radius 1 is 1.07 bits per heavy atom. The van der Waals surface area contributed by atoms with Crippen molar-refractivity contribution in [1.29, 1.82) is 0 Å². The minimum atomic E-state index is -3.91. The highest BCUT2D eigenvalue weighted by Gasteiger charge is 2.30. The van der Waals surface area contributed by atoms with Gasteiger partial charge in [0.2, 0.25) is 10.0 Å². The number of ether oxygens (including phenoxy) is 1. The van der Waals surface area contributed by atoms with Crippen LogP contribution >= 0.6 is 11.6 Å². The number of rotatable bonds is 8. The molecule has 1 amide bonds. The lowest BCUT2D eigenvalue weighted by Gasteiger charge is -2.20. The van der Waals surface area contributed by atoms with Gasteiger partial charge in [-0.15, -0.1) is 0 Å². The summed E-state index contributed by atoms with van der Waals surface area (Å²) in [5.74, 6) is -1.79. The first-order valence-electron chi connectivity index (χ1n) is 8.48. The van der Waals surface area contributed by atoms with Crippen LogP contribution in [0.15, 0.2) is 59.5 Å². The second-order valence-electron chi connectivity index (χ2n) is 6.32. The van der Waals surface area contributed by atoms with Crippen molar-refractivity contribution in [3.05, 3.63) is 59.6 Å². The zero-order valence-electron chi connectivity index (χ0n) is 15.4. The predicted molar refractivity (Wildman–Crippen MR) is 106 cm³/mol. The largest absolute Gasteiger partial charge is 0.454 e. The van der Waals surface area contributed by atoms with Crippen LogP contribution in [0, 0.1) is 5.92 Å². The van der Waals surface area contributed by atoms with Crippen LogP contribution in [0.3, 0.4) is 0 Å². The molecule has 0 radical (unpaired) electrons. The van der Waals surface area contributed by atoms with Gasteiger partial charge in [0, 0.05) is 10.7 Å². The van der Waals surface area contributed by atoms with E-state index in [0.717, 1.165) is 0 Å². The Labute approximate surface area is 169 Å². The summed E-state index contributed by atoms with van der Waals surface area (Å²) >= 11 is 5.84. The highest BCUT2D eigenvalue weighted by molar-refractivity contribution is 7.89. The van der Waals surface area contributed by atoms with E-state index in [4.69, 9.17) is 16.3 Å². The molecule has 2 rings (SSSR count). The molecule has 0 aromatic heterocycles. The van der Waals surface area contributed by atoms with Crippen molar-refractivity contribution in [1.82, 2.24) is 4.72 Å². The number of anilines is 1. The molecule has 0 unspecified atom stereocenters. The third-order valence-corrected chi connectivity index (χ3v) is 5.40. The van der Waals surface area contributed by atoms with Crippen molar-refractivity contribution in [2.75, 3.05) is 11.9 Å². The first-order chi connectivity index (χ1) is 13.2. The Kier molecular flexibility index (Phi) is 7.56. The number of carbonyl (C=O) groups excluding carboxylic acids is 2. The van der Waals surface area contributed by atoms with Gasteiger partial charge in [0.25, 0.3) is 5.91 Å². The zero-order chi connectivity index (χ0) is 20.7. The molecule has 9 heteroatoms. The van der Waals surface area contributed by atoms with Crippen LogP contribution in [0.25, 0.3) is 0 Å². The standard InChI is InChI=1S/C19H21ClN2O5S/c1-13(2)18(22-28(25,26)16-9-4-3-5-10-16)19(24)27-12-17(23)21-15-8-6-7-14(20)11-15/h3-11,13,18,22H,12H2,1-2H3,(H,21,23)/t18-/m1/s1. The van der Waals surface area contributed by atoms with E-state index in [2.05, 4.69) is 10.0 Å². The van der Waals surface area contributed by atoms with Gasteiger partial charge in [-0.1, -0.05) is 49.7 Å². The second-order valence-corrected chi connectivity index (χ2v) is 8.47. The predicted octanol–water partition coefficient (Wildman–Crippen LogP) is 2.82. The maximum absolute atomic E-state index is 12.5. The lowest BCUT2D eigenvalue weighted by molar-refractivity contribution is -0.150. The highest BCUT2D eigenvalue weighted by atomic mass is 35.5. The zero-order valence-corrected chi connectivity index (χ0v) is 17.0. The molecule has 0 aliphatic heterocycles. The number of carbonyl (C=O) groups is 2. The van der Waals surface area contributed by atoms with Crippen molar-refractivity contribution in [2.24, 2.45) is 5.92 Å². The lowest BCUT2D eigenvalue weighted by Crippen LogP contribution is -2.45. The van der Waals surface area contributed by atoms with Gasteiger partial charge in [-0.05, 0) is 36.2 Å². The maximum atomic E-state index is 12.5. The Morgan fingerprint density at radius 2 is 1.75 bits per heavy atom. The van der Waals surface area contributed by atoms with Gasteiger partial charge in [-0.2, -0.15) is 4.72 Å². The molecule has 28 heavy (non-hydrogen) atoms. The molecule has 7 nitrogen and oxygen atoms in total. The van der Waals surface area contributed by atoms with Crippen molar-refractivity contribution in [3.63, 3.8) is 0 Å². The number of halogens is 1. The molecular formula is C19H21ClN2O5S. The number of esters is 1. The third-order valence-electron chi connectivity index (χ3n) is 3.71. The molecule has 2 aromatic rings. The summed E-state index contributed by atoms with van der Waals surface area (Å²) in [5.41, 5.74) is 0.457. The molecule has 1 atom stereocenters. The molecule has 0 bridgehead atoms. The normalized spacial score (nSPS) is 12.4. The number of benzene rings is 2. The van der Waals surface area contributed by atoms with E-state index >= 15 is 0 Å². The lowest BCUT2D eigenvalue weighted by atomic mass is 10.1. The number of hydrogen-bond acceptors (Lipinski definition) is 5. The Hall–Kier alpha value is -2.42. The average Bonchev–Trinajstić information content (AvgIpc) is 2.65. The number of nitrogens with one attached hydrogen (secondary N) is 2. The van der Waals surface area contributed by atoms with Gasteiger partial charge in [-0.25, -0.2) is 8.42 Å². The van der Waals surface area contributed by atoms with Gasteiger partial charge in [0.15, 0.2) is 6.61 Å². The molecule has 0 aliphatic rings. The monoisotopic (exact) mass is 424 g/mol. The Bertz CT molecular complexity index is 932. The van der Waals surface area contributed by atoms with Crippen molar-refractivity contribution in [2.45, 2.75) is 24.8 Å². The molecule has 0 saturated heterocycles. The van der Waals surface area contributed by atoms with E-state index < -0.39 is 34.5 Å². The molecule has 0 saturated carbocycles. The molecule has 0 heterocycles. The first-order valence-corrected chi connectivity index (χ1v) is 10.3. The Morgan fingerprint density at radius 3 is 2.36 bits per heavy atom. The summed E-state index contributed by atoms with van der Waals surface area (Å²) in [6.45, 7) is 2.79. The van der Waals surface area contributed by atoms with E-state index in [-0.39, 0.29) is 10.8 Å². The average molecular weight is 425 g/mol. The fourth-order valence-electron chi connectivity index (χ4n) is 2.28. The quantitative estimate of drug-likeness (QED) is 0.634. The van der Waals surface area contributed by atoms with Crippen LogP contribution in [0.5, 0.6) is 0 Å². The number of hydrogen-bond donors (Lipinski definition) is 2. The van der Waals surface area contributed by atoms with Crippen molar-refractivity contribution in [3.8, 4) is 0 Å². The summed E-state index contributed by atoms with van der Waals surface area (Å²) in [7, 11) is -3.91. The van der Waals surface area contributed by atoms with Crippen LogP contribution in [-0.2, 0) is 24.3 Å². The fourth-order valence-corrected chi connectivity index (χ4v) is 3.83. The van der Waals surface area contributed by atoms with Crippen LogP contribution in [-0.4, -0.2) is 32.9 Å². The second kappa shape index (κ2) is 9.68. The third kappa shape index (κ3) is 6.33. The molecule has 0 spiro atoms. The van der Waals surface area contributed by atoms with E-state index in [1.807, 2.05) is 0 Å². The summed E-state index contributed by atoms with van der Waals surface area (Å²) in [6, 6.07) is 13.1. The van der Waals surface area contributed by atoms with Gasteiger partial charge < -0.3 is 10.1 Å². The topological polar surface area (TPSA) is 102 Å². The van der Waals surface area contributed by atoms with Crippen molar-refractivity contribution >= 4 is 39.2 Å². The minimum Gasteiger partial charge on any atom is -0.454 e. The molecule has 2 aromatic carbocycles. The smallest absolute Gasteiger partial charge is 0.324 e. The highest BCUT2D eigenvalue weighted by Crippen LogP contribution is 2.15. The summed E-state index contributed by atoms with van der Waals surface area (Å²) < 4.78 is 32.2. The van der Waals surface area contributed by atoms with Crippen LogP contribution in [0.4, 0.5) is 5.69 Å². The van der Waals surface area contributed by atoms with Crippen LogP contribution < -0.4 is 10.0 Å². The SMILES string of the molecule is CC(C)[C@@H](NS(=O)(=O)c1ccccc1)C(=O)OCC(=O)Nc1cccc(Cl)c1. The first kappa shape index (κ1) is 21.9. The minimum absolute atomic E-state index is 0.0344. The fraction of sp³-hybridized carbons (Fsp3) is 0.263. The van der Waals surface area contributed by atoms with E-state index in [1.54, 1.807) is 56.3 Å². The van der Waals surface area contributed by atoms with Gasteiger partial charge in [-0.3, -0.25) is 9.59 Å². The Balaban J connectivity index is 1.98. The number of sulfonamides is 1. The molecule has 0 fully saturated rings. The molecule has 150 valence electrons. The molecular weight excluding hydrogens is 404 g/mol. The van der Waals surface area contributed by atoms with Crippen molar-refractivity contribution < 1.29 is 22.7 Å². The molecule has 2 N–H and O–H groups in total. The van der Waals surface area contributed by atoms with E-state index in [9.17, 15) is 18.0 Å². The summed E-state index contributed by atoms with van der Waals surface area (Å²) in [6.07, 6.45) is 0. The van der Waals surface area contributed by atoms with Crippen LogP contribution in [0.1, 0.15) is 13.8 Å². The van der Waals surface area contributed by atoms with Gasteiger partial charge in [0.05, 0.1) is 4.90 Å². The van der Waals surface area contributed by atoms with Gasteiger partial charge >= 0.3 is 5.97 Å². The van der Waals surface area contributed by atoms with Crippen LogP contribution in [0.2, 0.25) is 5.02 Å². The van der Waals surface area contributed by atoms with Gasteiger partial charge in [0.1, 0.15) is 6.04 Å². The molecule has 0 aliphatic carbocycles. The summed E-state index contributed by atoms with van der Waals surface area (Å²) in [4.78, 5) is 24.3. The summed E-state index contributed by atoms with van der Waals surface area (Å²) in [5, 5.41) is 2.99. The number of amides is 1. The van der Waals surface area contributed by atoms with E-state index in [0.29, 0.717) is 10.7 Å².